The molecular weight excluding hydrogens is 324 g/mol. The molecular formula is C21H26N4O. The standard InChI is InChI=1S/C21H26N4O/c22-13-25-18-6-7-20(25)19(11-18)23-21(26)16-8-9-24(12-16)17-3-1-2-15(10-17)14-4-5-14/h1-3,10,14,16,18-20H,4-9,11-12H2,(H,23,26)/t16-,18-,19+,20+/m0/s1. The molecule has 4 fully saturated rings. The van der Waals surface area contributed by atoms with Gasteiger partial charge in [-0.05, 0) is 62.1 Å². The van der Waals surface area contributed by atoms with Crippen LogP contribution in [0.4, 0.5) is 5.69 Å². The number of carbonyl (C=O) groups excluding carboxylic acids is 1. The number of hydrogen-bond acceptors (Lipinski definition) is 4. The summed E-state index contributed by atoms with van der Waals surface area (Å²) in [5.74, 6) is 1.01. The summed E-state index contributed by atoms with van der Waals surface area (Å²) in [4.78, 5) is 17.1. The Morgan fingerprint density at radius 3 is 2.85 bits per heavy atom. The zero-order chi connectivity index (χ0) is 17.7. The monoisotopic (exact) mass is 350 g/mol. The fourth-order valence-electron chi connectivity index (χ4n) is 5.20. The zero-order valence-corrected chi connectivity index (χ0v) is 15.1. The largest absolute Gasteiger partial charge is 0.371 e. The molecule has 5 heteroatoms. The first-order chi connectivity index (χ1) is 12.7. The minimum absolute atomic E-state index is 0.0641. The van der Waals surface area contributed by atoms with E-state index in [1.54, 1.807) is 0 Å². The molecule has 1 aromatic rings. The zero-order valence-electron chi connectivity index (χ0n) is 15.1. The Kier molecular flexibility index (Phi) is 3.81. The van der Waals surface area contributed by atoms with Crippen molar-refractivity contribution in [3.8, 4) is 6.19 Å². The lowest BCUT2D eigenvalue weighted by molar-refractivity contribution is -0.125. The number of amides is 1. The molecule has 3 aliphatic heterocycles. The molecule has 1 N–H and O–H groups in total. The summed E-state index contributed by atoms with van der Waals surface area (Å²) < 4.78 is 0. The summed E-state index contributed by atoms with van der Waals surface area (Å²) in [6, 6.07) is 9.61. The number of hydrogen-bond donors (Lipinski definition) is 1. The predicted octanol–water partition coefficient (Wildman–Crippen LogP) is 2.59. The Bertz CT molecular complexity index is 753. The van der Waals surface area contributed by atoms with Gasteiger partial charge in [-0.2, -0.15) is 5.26 Å². The summed E-state index contributed by atoms with van der Waals surface area (Å²) in [7, 11) is 0. The number of nitriles is 1. The van der Waals surface area contributed by atoms with Gasteiger partial charge < -0.3 is 15.1 Å². The number of nitrogens with one attached hydrogen (secondary N) is 1. The van der Waals surface area contributed by atoms with Crippen molar-refractivity contribution >= 4 is 11.6 Å². The van der Waals surface area contributed by atoms with Gasteiger partial charge in [0.2, 0.25) is 5.91 Å². The Labute approximate surface area is 155 Å². The van der Waals surface area contributed by atoms with Crippen LogP contribution in [0.2, 0.25) is 0 Å². The van der Waals surface area contributed by atoms with E-state index in [0.717, 1.165) is 44.7 Å². The maximum atomic E-state index is 12.8. The van der Waals surface area contributed by atoms with Gasteiger partial charge in [0.1, 0.15) is 0 Å². The fraction of sp³-hybridized carbons (Fsp3) is 0.619. The van der Waals surface area contributed by atoms with Crippen LogP contribution in [0.25, 0.3) is 0 Å². The molecule has 1 aliphatic carbocycles. The molecule has 4 aliphatic rings. The molecule has 0 spiro atoms. The van der Waals surface area contributed by atoms with Crippen LogP contribution in [-0.4, -0.2) is 42.0 Å². The first-order valence-corrected chi connectivity index (χ1v) is 10.1. The van der Waals surface area contributed by atoms with Crippen molar-refractivity contribution in [3.63, 3.8) is 0 Å². The molecule has 0 unspecified atom stereocenters. The smallest absolute Gasteiger partial charge is 0.225 e. The van der Waals surface area contributed by atoms with E-state index in [2.05, 4.69) is 40.7 Å². The summed E-state index contributed by atoms with van der Waals surface area (Å²) in [5, 5.41) is 12.6. The van der Waals surface area contributed by atoms with Crippen LogP contribution >= 0.6 is 0 Å². The quantitative estimate of drug-likeness (QED) is 0.848. The second-order valence-corrected chi connectivity index (χ2v) is 8.46. The van der Waals surface area contributed by atoms with Gasteiger partial charge in [0.25, 0.3) is 0 Å². The lowest BCUT2D eigenvalue weighted by Gasteiger charge is -2.24. The molecule has 136 valence electrons. The van der Waals surface area contributed by atoms with Gasteiger partial charge in [0.15, 0.2) is 6.19 Å². The summed E-state index contributed by atoms with van der Waals surface area (Å²) in [6.45, 7) is 1.76. The molecule has 0 aromatic heterocycles. The summed E-state index contributed by atoms with van der Waals surface area (Å²) in [6.07, 6.45) is 8.94. The highest BCUT2D eigenvalue weighted by Gasteiger charge is 2.47. The van der Waals surface area contributed by atoms with E-state index >= 15 is 0 Å². The third kappa shape index (κ3) is 2.72. The van der Waals surface area contributed by atoms with Crippen LogP contribution in [0.1, 0.15) is 50.0 Å². The molecule has 1 amide bonds. The second-order valence-electron chi connectivity index (χ2n) is 8.46. The number of benzene rings is 1. The van der Waals surface area contributed by atoms with Crippen LogP contribution in [0.3, 0.4) is 0 Å². The van der Waals surface area contributed by atoms with Crippen molar-refractivity contribution < 1.29 is 4.79 Å². The first kappa shape index (κ1) is 16.0. The van der Waals surface area contributed by atoms with Crippen molar-refractivity contribution in [1.82, 2.24) is 10.2 Å². The molecule has 2 bridgehead atoms. The Morgan fingerprint density at radius 2 is 2.08 bits per heavy atom. The van der Waals surface area contributed by atoms with Crippen molar-refractivity contribution in [2.24, 2.45) is 5.92 Å². The van der Waals surface area contributed by atoms with Gasteiger partial charge >= 0.3 is 0 Å². The molecule has 5 rings (SSSR count). The van der Waals surface area contributed by atoms with Crippen LogP contribution in [0, 0.1) is 17.4 Å². The third-order valence-corrected chi connectivity index (χ3v) is 6.82. The fourth-order valence-corrected chi connectivity index (χ4v) is 5.20. The van der Waals surface area contributed by atoms with Crippen molar-refractivity contribution in [2.75, 3.05) is 18.0 Å². The van der Waals surface area contributed by atoms with E-state index in [1.807, 2.05) is 4.90 Å². The average Bonchev–Trinajstić information content (AvgIpc) is 3.13. The van der Waals surface area contributed by atoms with Crippen molar-refractivity contribution in [2.45, 2.75) is 62.6 Å². The molecule has 3 saturated heterocycles. The average molecular weight is 350 g/mol. The lowest BCUT2D eigenvalue weighted by atomic mass is 9.95. The van der Waals surface area contributed by atoms with Gasteiger partial charge in [-0.3, -0.25) is 4.79 Å². The molecule has 26 heavy (non-hydrogen) atoms. The maximum Gasteiger partial charge on any atom is 0.225 e. The summed E-state index contributed by atoms with van der Waals surface area (Å²) >= 11 is 0. The number of carbonyl (C=O) groups is 1. The second kappa shape index (κ2) is 6.19. The van der Waals surface area contributed by atoms with E-state index in [1.165, 1.54) is 24.1 Å². The number of anilines is 1. The topological polar surface area (TPSA) is 59.4 Å². The van der Waals surface area contributed by atoms with Gasteiger partial charge in [-0.1, -0.05) is 12.1 Å². The van der Waals surface area contributed by atoms with Crippen LogP contribution in [0.15, 0.2) is 24.3 Å². The van der Waals surface area contributed by atoms with E-state index in [9.17, 15) is 10.1 Å². The van der Waals surface area contributed by atoms with E-state index in [4.69, 9.17) is 0 Å². The van der Waals surface area contributed by atoms with Gasteiger partial charge in [0.05, 0.1) is 18.0 Å². The number of nitrogens with zero attached hydrogens (tertiary/aromatic N) is 3. The van der Waals surface area contributed by atoms with Crippen LogP contribution < -0.4 is 10.2 Å². The minimum Gasteiger partial charge on any atom is -0.371 e. The lowest BCUT2D eigenvalue weighted by Crippen LogP contribution is -2.46. The maximum absolute atomic E-state index is 12.8. The van der Waals surface area contributed by atoms with Gasteiger partial charge in [0, 0.05) is 24.8 Å². The van der Waals surface area contributed by atoms with Gasteiger partial charge in [-0.25, -0.2) is 0 Å². The molecule has 5 nitrogen and oxygen atoms in total. The van der Waals surface area contributed by atoms with Crippen LogP contribution in [0.5, 0.6) is 0 Å². The SMILES string of the molecule is N#CN1[C@H]2CC[C@@H]1[C@H](NC(=O)[C@H]1CCN(c3cccc(C4CC4)c3)C1)C2. The van der Waals surface area contributed by atoms with Crippen LogP contribution in [-0.2, 0) is 4.79 Å². The predicted molar refractivity (Wildman–Crippen MR) is 99.5 cm³/mol. The Balaban J connectivity index is 1.20. The summed E-state index contributed by atoms with van der Waals surface area (Å²) in [5.41, 5.74) is 2.72. The van der Waals surface area contributed by atoms with E-state index < -0.39 is 0 Å². The van der Waals surface area contributed by atoms with Crippen molar-refractivity contribution in [1.29, 1.82) is 5.26 Å². The first-order valence-electron chi connectivity index (χ1n) is 10.1. The normalized spacial score (nSPS) is 32.7. The Morgan fingerprint density at radius 1 is 1.19 bits per heavy atom. The highest BCUT2D eigenvalue weighted by atomic mass is 16.2. The third-order valence-electron chi connectivity index (χ3n) is 6.82. The molecule has 0 radical (unpaired) electrons. The molecule has 1 saturated carbocycles. The molecule has 1 aromatic carbocycles. The highest BCUT2D eigenvalue weighted by Crippen LogP contribution is 2.41. The van der Waals surface area contributed by atoms with E-state index in [-0.39, 0.29) is 23.9 Å². The van der Waals surface area contributed by atoms with E-state index in [0.29, 0.717) is 6.04 Å². The molecule has 3 heterocycles. The number of rotatable bonds is 4. The van der Waals surface area contributed by atoms with Crippen molar-refractivity contribution in [3.05, 3.63) is 29.8 Å². The minimum atomic E-state index is 0.0641. The highest BCUT2D eigenvalue weighted by molar-refractivity contribution is 5.80. The number of fused-ring (bicyclic) bond motifs is 2. The Hall–Kier alpha value is -2.22. The van der Waals surface area contributed by atoms with Gasteiger partial charge in [-0.15, -0.1) is 0 Å². The molecule has 4 atom stereocenters.